The molecule has 142 valence electrons. The van der Waals surface area contributed by atoms with E-state index in [1.165, 1.54) is 6.92 Å². The van der Waals surface area contributed by atoms with Crippen LogP contribution in [0.15, 0.2) is 45.3 Å². The highest BCUT2D eigenvalue weighted by atomic mass is 79.9. The highest BCUT2D eigenvalue weighted by molar-refractivity contribution is 9.10. The van der Waals surface area contributed by atoms with Gasteiger partial charge >= 0.3 is 0 Å². The van der Waals surface area contributed by atoms with Crippen LogP contribution in [-0.2, 0) is 9.59 Å². The van der Waals surface area contributed by atoms with E-state index in [1.807, 2.05) is 24.3 Å². The number of ether oxygens (including phenoxy) is 1. The maximum Gasteiger partial charge on any atom is 0.152 e. The van der Waals surface area contributed by atoms with Crippen molar-refractivity contribution in [3.05, 3.63) is 45.3 Å². The molecule has 0 aliphatic carbocycles. The SMILES string of the molecule is CC(=O)CC(=O)CCCCCN1c2ccc(Br)cc2Oc2cc(Br)ccc21. The van der Waals surface area contributed by atoms with E-state index in [2.05, 4.69) is 48.9 Å². The molecule has 1 aliphatic rings. The Morgan fingerprint density at radius 1 is 0.926 bits per heavy atom. The van der Waals surface area contributed by atoms with Crippen molar-refractivity contribution in [2.24, 2.45) is 0 Å². The summed E-state index contributed by atoms with van der Waals surface area (Å²) in [6.07, 6.45) is 3.26. The second kappa shape index (κ2) is 9.02. The van der Waals surface area contributed by atoms with Crippen molar-refractivity contribution < 1.29 is 14.3 Å². The van der Waals surface area contributed by atoms with Crippen molar-refractivity contribution in [1.82, 2.24) is 0 Å². The summed E-state index contributed by atoms with van der Waals surface area (Å²) in [4.78, 5) is 24.9. The summed E-state index contributed by atoms with van der Waals surface area (Å²) in [5.41, 5.74) is 2.08. The Kier molecular flexibility index (Phi) is 6.71. The van der Waals surface area contributed by atoms with Gasteiger partial charge in [-0.25, -0.2) is 0 Å². The normalized spacial score (nSPS) is 12.2. The average molecular weight is 495 g/mol. The topological polar surface area (TPSA) is 46.6 Å². The van der Waals surface area contributed by atoms with E-state index in [4.69, 9.17) is 4.74 Å². The largest absolute Gasteiger partial charge is 0.453 e. The summed E-state index contributed by atoms with van der Waals surface area (Å²) in [5.74, 6) is 1.64. The fourth-order valence-electron chi connectivity index (χ4n) is 3.21. The standard InChI is InChI=1S/C21H21Br2NO3/c1-14(25)11-17(26)5-3-2-4-10-24-18-8-6-15(22)12-20(18)27-21-13-16(23)7-9-19(21)24/h6-9,12-13H,2-5,10-11H2,1H3. The van der Waals surface area contributed by atoms with Crippen molar-refractivity contribution in [2.45, 2.75) is 39.0 Å². The fraction of sp³-hybridized carbons (Fsp3) is 0.333. The Hall–Kier alpha value is -1.66. The monoisotopic (exact) mass is 493 g/mol. The lowest BCUT2D eigenvalue weighted by atomic mass is 10.1. The van der Waals surface area contributed by atoms with Crippen LogP contribution in [0.2, 0.25) is 0 Å². The summed E-state index contributed by atoms with van der Waals surface area (Å²) in [6.45, 7) is 2.30. The van der Waals surface area contributed by atoms with Gasteiger partial charge in [0.05, 0.1) is 17.8 Å². The fourth-order valence-corrected chi connectivity index (χ4v) is 3.89. The van der Waals surface area contributed by atoms with E-state index in [0.717, 1.165) is 57.6 Å². The smallest absolute Gasteiger partial charge is 0.152 e. The number of nitrogens with zero attached hydrogens (tertiary/aromatic N) is 1. The number of fused-ring (bicyclic) bond motifs is 2. The predicted octanol–water partition coefficient (Wildman–Crippen LogP) is 6.56. The van der Waals surface area contributed by atoms with Gasteiger partial charge in [-0.15, -0.1) is 0 Å². The van der Waals surface area contributed by atoms with Gasteiger partial charge in [0.1, 0.15) is 11.6 Å². The third-order valence-corrected chi connectivity index (χ3v) is 5.42. The predicted molar refractivity (Wildman–Crippen MR) is 114 cm³/mol. The van der Waals surface area contributed by atoms with Crippen molar-refractivity contribution in [2.75, 3.05) is 11.4 Å². The summed E-state index contributed by atoms with van der Waals surface area (Å²) < 4.78 is 8.04. The van der Waals surface area contributed by atoms with Crippen LogP contribution in [0.5, 0.6) is 11.5 Å². The molecule has 27 heavy (non-hydrogen) atoms. The number of Topliss-reactive ketones (excluding diaryl/α,β-unsaturated/α-hetero) is 2. The molecule has 0 radical (unpaired) electrons. The van der Waals surface area contributed by atoms with Gasteiger partial charge in [0, 0.05) is 21.9 Å². The van der Waals surface area contributed by atoms with Crippen LogP contribution in [0.3, 0.4) is 0 Å². The van der Waals surface area contributed by atoms with Crippen LogP contribution in [0.4, 0.5) is 11.4 Å². The van der Waals surface area contributed by atoms with E-state index in [0.29, 0.717) is 6.42 Å². The molecule has 1 aliphatic heterocycles. The lowest BCUT2D eigenvalue weighted by molar-refractivity contribution is -0.125. The molecule has 0 atom stereocenters. The number of ketones is 2. The molecule has 0 fully saturated rings. The maximum absolute atomic E-state index is 11.7. The number of halogens is 2. The Labute approximate surface area is 176 Å². The quantitative estimate of drug-likeness (QED) is 0.307. The summed E-state index contributed by atoms with van der Waals surface area (Å²) in [7, 11) is 0. The Morgan fingerprint density at radius 2 is 1.52 bits per heavy atom. The highest BCUT2D eigenvalue weighted by Crippen LogP contribution is 2.48. The molecule has 0 aromatic heterocycles. The van der Waals surface area contributed by atoms with E-state index in [-0.39, 0.29) is 18.0 Å². The molecule has 0 spiro atoms. The van der Waals surface area contributed by atoms with Gasteiger partial charge in [-0.05, 0) is 56.2 Å². The number of carbonyl (C=O) groups is 2. The van der Waals surface area contributed by atoms with Crippen molar-refractivity contribution in [3.8, 4) is 11.5 Å². The minimum absolute atomic E-state index is 0.0410. The minimum atomic E-state index is -0.0566. The maximum atomic E-state index is 11.7. The Balaban J connectivity index is 1.66. The molecular weight excluding hydrogens is 474 g/mol. The summed E-state index contributed by atoms with van der Waals surface area (Å²) in [6, 6.07) is 12.1. The summed E-state index contributed by atoms with van der Waals surface area (Å²) >= 11 is 7.01. The molecule has 0 bridgehead atoms. The van der Waals surface area contributed by atoms with E-state index >= 15 is 0 Å². The minimum Gasteiger partial charge on any atom is -0.453 e. The van der Waals surface area contributed by atoms with Crippen molar-refractivity contribution >= 4 is 54.8 Å². The first-order valence-corrected chi connectivity index (χ1v) is 10.6. The zero-order chi connectivity index (χ0) is 19.4. The molecule has 3 rings (SSSR count). The molecule has 1 heterocycles. The molecule has 0 unspecified atom stereocenters. The van der Waals surface area contributed by atoms with Crippen molar-refractivity contribution in [1.29, 1.82) is 0 Å². The molecule has 4 nitrogen and oxygen atoms in total. The number of anilines is 2. The van der Waals surface area contributed by atoms with Crippen LogP contribution in [0.1, 0.15) is 39.0 Å². The number of hydrogen-bond acceptors (Lipinski definition) is 4. The average Bonchev–Trinajstić information content (AvgIpc) is 2.59. The lowest BCUT2D eigenvalue weighted by Gasteiger charge is -2.33. The summed E-state index contributed by atoms with van der Waals surface area (Å²) in [5, 5.41) is 0. The molecule has 0 saturated carbocycles. The first-order chi connectivity index (χ1) is 12.9. The van der Waals surface area contributed by atoms with Gasteiger partial charge < -0.3 is 9.64 Å². The lowest BCUT2D eigenvalue weighted by Crippen LogP contribution is -2.22. The molecule has 2 aromatic carbocycles. The first-order valence-electron chi connectivity index (χ1n) is 8.99. The second-order valence-electron chi connectivity index (χ2n) is 6.71. The van der Waals surface area contributed by atoms with E-state index in [9.17, 15) is 9.59 Å². The number of hydrogen-bond donors (Lipinski definition) is 0. The van der Waals surface area contributed by atoms with Gasteiger partial charge in [0.15, 0.2) is 11.5 Å². The zero-order valence-electron chi connectivity index (χ0n) is 15.1. The molecule has 6 heteroatoms. The third kappa shape index (κ3) is 5.20. The van der Waals surface area contributed by atoms with E-state index in [1.54, 1.807) is 0 Å². The second-order valence-corrected chi connectivity index (χ2v) is 8.54. The van der Waals surface area contributed by atoms with Crippen LogP contribution >= 0.6 is 31.9 Å². The Bertz CT molecular complexity index is 815. The number of benzene rings is 2. The number of unbranched alkanes of at least 4 members (excludes halogenated alkanes) is 2. The Morgan fingerprint density at radius 3 is 2.07 bits per heavy atom. The van der Waals surface area contributed by atoms with Gasteiger partial charge in [0.25, 0.3) is 0 Å². The van der Waals surface area contributed by atoms with Gasteiger partial charge in [-0.3, -0.25) is 9.59 Å². The zero-order valence-corrected chi connectivity index (χ0v) is 18.3. The van der Waals surface area contributed by atoms with Crippen molar-refractivity contribution in [3.63, 3.8) is 0 Å². The molecular formula is C21H21Br2NO3. The van der Waals surface area contributed by atoms with Crippen LogP contribution in [0, 0.1) is 0 Å². The van der Waals surface area contributed by atoms with Crippen LogP contribution in [0.25, 0.3) is 0 Å². The molecule has 0 saturated heterocycles. The van der Waals surface area contributed by atoms with E-state index < -0.39 is 0 Å². The number of rotatable bonds is 8. The molecule has 0 amide bonds. The highest BCUT2D eigenvalue weighted by Gasteiger charge is 2.24. The van der Waals surface area contributed by atoms with Crippen LogP contribution in [-0.4, -0.2) is 18.1 Å². The number of carbonyl (C=O) groups excluding carboxylic acids is 2. The van der Waals surface area contributed by atoms with Gasteiger partial charge in [0.2, 0.25) is 0 Å². The molecule has 0 N–H and O–H groups in total. The first kappa shape index (κ1) is 20.1. The third-order valence-electron chi connectivity index (χ3n) is 4.43. The van der Waals surface area contributed by atoms with Gasteiger partial charge in [-0.2, -0.15) is 0 Å². The van der Waals surface area contributed by atoms with Crippen LogP contribution < -0.4 is 9.64 Å². The van der Waals surface area contributed by atoms with Gasteiger partial charge in [-0.1, -0.05) is 38.3 Å². The molecule has 2 aromatic rings.